The molecule has 1 amide bonds. The topological polar surface area (TPSA) is 117 Å². The molecule has 1 fully saturated rings. The van der Waals surface area contributed by atoms with Crippen LogP contribution in [0.1, 0.15) is 35.1 Å². The first-order valence-corrected chi connectivity index (χ1v) is 10.7. The van der Waals surface area contributed by atoms with Gasteiger partial charge in [-0.05, 0) is 18.4 Å². The summed E-state index contributed by atoms with van der Waals surface area (Å²) in [6.07, 6.45) is 3.77. The molecule has 2 N–H and O–H groups in total. The molecule has 1 saturated heterocycles. The highest BCUT2D eigenvalue weighted by Crippen LogP contribution is 2.31. The molecule has 3 aromatic rings. The first-order chi connectivity index (χ1) is 16.5. The van der Waals surface area contributed by atoms with Crippen molar-refractivity contribution in [2.75, 3.05) is 40.2 Å². The molecule has 0 aromatic carbocycles. The second-order valence-electron chi connectivity index (χ2n) is 7.73. The Balaban J connectivity index is 1.83. The van der Waals surface area contributed by atoms with Gasteiger partial charge in [0, 0.05) is 43.8 Å². The van der Waals surface area contributed by atoms with Crippen LogP contribution in [0.15, 0.2) is 31.0 Å². The number of methoxy groups -OCH3 is 3. The third-order valence-corrected chi connectivity index (χ3v) is 5.64. The van der Waals surface area contributed by atoms with Gasteiger partial charge in [0.25, 0.3) is 0 Å². The molecule has 3 aromatic heterocycles. The number of amides is 1. The first-order valence-electron chi connectivity index (χ1n) is 10.7. The van der Waals surface area contributed by atoms with E-state index in [-0.39, 0.29) is 11.8 Å². The van der Waals surface area contributed by atoms with Crippen LogP contribution >= 0.6 is 0 Å². The molecule has 1 atom stereocenters. The molecule has 1 aliphatic heterocycles. The Morgan fingerprint density at radius 2 is 1.97 bits per heavy atom. The summed E-state index contributed by atoms with van der Waals surface area (Å²) >= 11 is 0. The molecule has 4 heterocycles. The standard InChI is InChI=1S/C24H26N6O4/c1-5-21(31)29-9-8-16(13-29)24-27-18(22-23(25)26-12-17(14-32-2)30(22)24)7-6-15-10-19(33-3)28-20(11-15)34-4/h5,10-12,16H,1,8-9,13-14H2,2-4H3,(H2,25,26)/t16-/m0/s1. The van der Waals surface area contributed by atoms with Crippen molar-refractivity contribution in [2.45, 2.75) is 18.9 Å². The SMILES string of the molecule is C=CC(=O)N1CC[C@H](c2nc(C#Cc3cc(OC)nc(OC)c3)c3c(N)ncc(COC)n23)C1. The molecule has 0 bridgehead atoms. The van der Waals surface area contributed by atoms with Crippen molar-refractivity contribution in [3.05, 3.63) is 53.8 Å². The second kappa shape index (κ2) is 9.80. The zero-order chi connectivity index (χ0) is 24.2. The third kappa shape index (κ3) is 4.38. The number of nitrogens with two attached hydrogens (primary N) is 1. The molecule has 1 aliphatic rings. The van der Waals surface area contributed by atoms with Crippen LogP contribution in [0, 0.1) is 11.8 Å². The molecule has 34 heavy (non-hydrogen) atoms. The number of hydrogen-bond donors (Lipinski definition) is 1. The quantitative estimate of drug-likeness (QED) is 0.435. The first kappa shape index (κ1) is 23.1. The Kier molecular flexibility index (Phi) is 6.65. The summed E-state index contributed by atoms with van der Waals surface area (Å²) in [4.78, 5) is 27.3. The summed E-state index contributed by atoms with van der Waals surface area (Å²) < 4.78 is 17.8. The number of aromatic nitrogens is 4. The predicted octanol–water partition coefficient (Wildman–Crippen LogP) is 1.77. The van der Waals surface area contributed by atoms with Crippen molar-refractivity contribution in [1.82, 2.24) is 24.3 Å². The van der Waals surface area contributed by atoms with Crippen molar-refractivity contribution < 1.29 is 19.0 Å². The molecule has 0 saturated carbocycles. The van der Waals surface area contributed by atoms with E-state index >= 15 is 0 Å². The van der Waals surface area contributed by atoms with Gasteiger partial charge in [0.2, 0.25) is 17.7 Å². The van der Waals surface area contributed by atoms with E-state index < -0.39 is 0 Å². The Bertz CT molecular complexity index is 1280. The Labute approximate surface area is 197 Å². The molecule has 10 nitrogen and oxygen atoms in total. The second-order valence-corrected chi connectivity index (χ2v) is 7.73. The van der Waals surface area contributed by atoms with E-state index in [1.54, 1.807) is 30.3 Å². The van der Waals surface area contributed by atoms with Crippen molar-refractivity contribution in [3.8, 4) is 23.6 Å². The number of anilines is 1. The number of fused-ring (bicyclic) bond motifs is 1. The fourth-order valence-electron chi connectivity index (χ4n) is 4.03. The molecule has 0 spiro atoms. The molecule has 10 heteroatoms. The van der Waals surface area contributed by atoms with Crippen LogP contribution in [0.5, 0.6) is 11.8 Å². The Morgan fingerprint density at radius 3 is 2.62 bits per heavy atom. The number of imidazole rings is 1. The lowest BCUT2D eigenvalue weighted by Gasteiger charge is -2.15. The van der Waals surface area contributed by atoms with Crippen molar-refractivity contribution in [3.63, 3.8) is 0 Å². The molecule has 176 valence electrons. The van der Waals surface area contributed by atoms with Crippen LogP contribution in [0.3, 0.4) is 0 Å². The minimum atomic E-state index is -0.0951. The lowest BCUT2D eigenvalue weighted by atomic mass is 10.1. The largest absolute Gasteiger partial charge is 0.481 e. The lowest BCUT2D eigenvalue weighted by Crippen LogP contribution is -2.26. The lowest BCUT2D eigenvalue weighted by molar-refractivity contribution is -0.125. The molecule has 0 radical (unpaired) electrons. The Hall–Kier alpha value is -4.10. The number of ether oxygens (including phenoxy) is 3. The van der Waals surface area contributed by atoms with Crippen LogP contribution in [-0.2, 0) is 16.1 Å². The van der Waals surface area contributed by atoms with Crippen LogP contribution in [0.25, 0.3) is 5.52 Å². The van der Waals surface area contributed by atoms with Crippen molar-refractivity contribution >= 4 is 17.2 Å². The highest BCUT2D eigenvalue weighted by atomic mass is 16.5. The summed E-state index contributed by atoms with van der Waals surface area (Å²) in [6, 6.07) is 3.42. The van der Waals surface area contributed by atoms with Gasteiger partial charge >= 0.3 is 0 Å². The molecule has 0 aliphatic carbocycles. The average Bonchev–Trinajstić information content (AvgIpc) is 3.49. The molecule has 4 rings (SSSR count). The number of pyridine rings is 1. The van der Waals surface area contributed by atoms with Gasteiger partial charge in [0.1, 0.15) is 17.0 Å². The fraction of sp³-hybridized carbons (Fsp3) is 0.333. The summed E-state index contributed by atoms with van der Waals surface area (Å²) in [5, 5.41) is 0. The van der Waals surface area contributed by atoms with E-state index in [1.807, 2.05) is 4.40 Å². The van der Waals surface area contributed by atoms with Crippen LogP contribution in [0.4, 0.5) is 5.82 Å². The van der Waals surface area contributed by atoms with Gasteiger partial charge in [-0.2, -0.15) is 4.98 Å². The molecular weight excluding hydrogens is 436 g/mol. The Morgan fingerprint density at radius 1 is 1.24 bits per heavy atom. The number of carbonyl (C=O) groups excluding carboxylic acids is 1. The highest BCUT2D eigenvalue weighted by molar-refractivity contribution is 5.87. The number of hydrogen-bond acceptors (Lipinski definition) is 8. The maximum atomic E-state index is 12.1. The smallest absolute Gasteiger partial charge is 0.245 e. The van der Waals surface area contributed by atoms with Crippen LogP contribution < -0.4 is 15.2 Å². The molecular formula is C24H26N6O4. The van der Waals surface area contributed by atoms with Gasteiger partial charge in [0.05, 0.1) is 32.7 Å². The van der Waals surface area contributed by atoms with E-state index in [1.165, 1.54) is 20.3 Å². The van der Waals surface area contributed by atoms with E-state index in [0.717, 1.165) is 17.9 Å². The van der Waals surface area contributed by atoms with Crippen molar-refractivity contribution in [1.29, 1.82) is 0 Å². The third-order valence-electron chi connectivity index (χ3n) is 5.64. The summed E-state index contributed by atoms with van der Waals surface area (Å²) in [6.45, 7) is 5.07. The fourth-order valence-corrected chi connectivity index (χ4v) is 4.03. The zero-order valence-electron chi connectivity index (χ0n) is 19.4. The van der Waals surface area contributed by atoms with Crippen LogP contribution in [-0.4, -0.2) is 64.6 Å². The van der Waals surface area contributed by atoms with E-state index in [4.69, 9.17) is 24.9 Å². The van der Waals surface area contributed by atoms with Gasteiger partial charge in [-0.1, -0.05) is 12.5 Å². The minimum Gasteiger partial charge on any atom is -0.481 e. The maximum absolute atomic E-state index is 12.1. The zero-order valence-corrected chi connectivity index (χ0v) is 19.4. The summed E-state index contributed by atoms with van der Waals surface area (Å²) in [5.41, 5.74) is 8.82. The van der Waals surface area contributed by atoms with Gasteiger partial charge in [-0.15, -0.1) is 0 Å². The van der Waals surface area contributed by atoms with E-state index in [0.29, 0.717) is 54.0 Å². The van der Waals surface area contributed by atoms with Gasteiger partial charge in [-0.25, -0.2) is 9.97 Å². The predicted molar refractivity (Wildman–Crippen MR) is 126 cm³/mol. The maximum Gasteiger partial charge on any atom is 0.245 e. The van der Waals surface area contributed by atoms with E-state index in [9.17, 15) is 4.79 Å². The van der Waals surface area contributed by atoms with Crippen molar-refractivity contribution in [2.24, 2.45) is 0 Å². The monoisotopic (exact) mass is 462 g/mol. The number of likely N-dealkylation sites (tertiary alicyclic amines) is 1. The summed E-state index contributed by atoms with van der Waals surface area (Å²) in [7, 11) is 4.67. The van der Waals surface area contributed by atoms with Gasteiger partial charge < -0.3 is 24.8 Å². The average molecular weight is 463 g/mol. The van der Waals surface area contributed by atoms with Gasteiger partial charge in [-0.3, -0.25) is 9.20 Å². The number of carbonyl (C=O) groups is 1. The number of nitrogen functional groups attached to an aromatic ring is 1. The van der Waals surface area contributed by atoms with Crippen LogP contribution in [0.2, 0.25) is 0 Å². The normalized spacial score (nSPS) is 15.1. The number of nitrogens with zero attached hydrogens (tertiary/aromatic N) is 5. The highest BCUT2D eigenvalue weighted by Gasteiger charge is 2.31. The molecule has 0 unspecified atom stereocenters. The van der Waals surface area contributed by atoms with Gasteiger partial charge in [0.15, 0.2) is 5.82 Å². The van der Waals surface area contributed by atoms with E-state index in [2.05, 4.69) is 28.4 Å². The minimum absolute atomic E-state index is 0.00506. The number of rotatable bonds is 6. The summed E-state index contributed by atoms with van der Waals surface area (Å²) in [5.74, 6) is 8.00.